The van der Waals surface area contributed by atoms with E-state index in [2.05, 4.69) is 5.32 Å². The molecule has 0 saturated carbocycles. The molecular weight excluding hydrogens is 298 g/mol. The molecule has 1 aliphatic heterocycles. The highest BCUT2D eigenvalue weighted by Gasteiger charge is 2.43. The molecule has 126 valence electrons. The first-order chi connectivity index (χ1) is 10.3. The van der Waals surface area contributed by atoms with E-state index in [9.17, 15) is 19.8 Å². The second kappa shape index (κ2) is 8.08. The maximum Gasteiger partial charge on any atom is 0.370 e. The fourth-order valence-electron chi connectivity index (χ4n) is 2.37. The molecule has 9 heteroatoms. The molecular formula is C13H21NO8. The van der Waals surface area contributed by atoms with Gasteiger partial charge >= 0.3 is 5.97 Å². The highest BCUT2D eigenvalue weighted by molar-refractivity contribution is 5.84. The Morgan fingerprint density at radius 3 is 2.45 bits per heavy atom. The van der Waals surface area contributed by atoms with Crippen LogP contribution in [0.15, 0.2) is 11.8 Å². The Morgan fingerprint density at radius 2 is 2.00 bits per heavy atom. The molecule has 0 saturated heterocycles. The number of rotatable bonds is 7. The number of carbonyl (C=O) groups excluding carboxylic acids is 1. The summed E-state index contributed by atoms with van der Waals surface area (Å²) < 4.78 is 5.17. The van der Waals surface area contributed by atoms with E-state index in [-0.39, 0.29) is 13.0 Å². The number of hydrogen-bond acceptors (Lipinski definition) is 7. The van der Waals surface area contributed by atoms with Crippen LogP contribution >= 0.6 is 0 Å². The lowest BCUT2D eigenvalue weighted by Crippen LogP contribution is -2.58. The molecule has 0 unspecified atom stereocenters. The largest absolute Gasteiger partial charge is 0.478 e. The van der Waals surface area contributed by atoms with Gasteiger partial charge in [-0.1, -0.05) is 0 Å². The molecule has 0 spiro atoms. The number of ether oxygens (including phenoxy) is 1. The number of carboxylic acid groups (broad SMARTS) is 1. The lowest BCUT2D eigenvalue weighted by atomic mass is 9.85. The van der Waals surface area contributed by atoms with Crippen LogP contribution < -0.4 is 5.32 Å². The van der Waals surface area contributed by atoms with Gasteiger partial charge in [-0.2, -0.15) is 0 Å². The van der Waals surface area contributed by atoms with Crippen molar-refractivity contribution in [2.45, 2.75) is 37.7 Å². The first kappa shape index (κ1) is 18.4. The van der Waals surface area contributed by atoms with Gasteiger partial charge < -0.3 is 35.6 Å². The zero-order chi connectivity index (χ0) is 16.9. The fraction of sp³-hybridized carbons (Fsp3) is 0.692. The molecule has 1 heterocycles. The number of aliphatic hydroxyl groups excluding tert-OH is 4. The highest BCUT2D eigenvalue weighted by Crippen LogP contribution is 2.28. The molecule has 0 bridgehead atoms. The van der Waals surface area contributed by atoms with Gasteiger partial charge in [0.1, 0.15) is 18.3 Å². The maximum absolute atomic E-state index is 11.3. The number of nitrogens with one attached hydrogen (secondary N) is 1. The molecule has 5 atom stereocenters. The number of aliphatic hydroxyl groups is 4. The van der Waals surface area contributed by atoms with Crippen LogP contribution in [0, 0.1) is 5.92 Å². The molecule has 0 aliphatic carbocycles. The third-order valence-electron chi connectivity index (χ3n) is 3.40. The van der Waals surface area contributed by atoms with Crippen LogP contribution in [0.3, 0.4) is 0 Å². The van der Waals surface area contributed by atoms with E-state index >= 15 is 0 Å². The van der Waals surface area contributed by atoms with Gasteiger partial charge in [0.25, 0.3) is 0 Å². The molecule has 0 aromatic carbocycles. The summed E-state index contributed by atoms with van der Waals surface area (Å²) >= 11 is 0. The van der Waals surface area contributed by atoms with E-state index in [1.165, 1.54) is 13.0 Å². The summed E-state index contributed by atoms with van der Waals surface area (Å²) in [6.07, 6.45) is -3.09. The van der Waals surface area contributed by atoms with Gasteiger partial charge in [-0.3, -0.25) is 4.79 Å². The van der Waals surface area contributed by atoms with Crippen molar-refractivity contribution >= 4 is 11.9 Å². The molecule has 1 rings (SSSR count). The summed E-state index contributed by atoms with van der Waals surface area (Å²) in [6.45, 7) is 0.207. The number of carboxylic acids is 1. The summed E-state index contributed by atoms with van der Waals surface area (Å²) in [5.74, 6) is -2.88. The molecule has 0 aromatic rings. The highest BCUT2D eigenvalue weighted by atomic mass is 16.5. The van der Waals surface area contributed by atoms with Gasteiger partial charge in [0, 0.05) is 19.4 Å². The van der Waals surface area contributed by atoms with Gasteiger partial charge in [-0.05, 0) is 12.5 Å². The number of aliphatic carboxylic acids is 1. The van der Waals surface area contributed by atoms with Gasteiger partial charge in [-0.15, -0.1) is 0 Å². The number of hydrogen-bond donors (Lipinski definition) is 6. The van der Waals surface area contributed by atoms with Crippen molar-refractivity contribution in [2.24, 2.45) is 5.92 Å². The van der Waals surface area contributed by atoms with Crippen molar-refractivity contribution < 1.29 is 39.9 Å². The summed E-state index contributed by atoms with van der Waals surface area (Å²) in [5.41, 5.74) is 0. The summed E-state index contributed by atoms with van der Waals surface area (Å²) in [5, 5.41) is 49.2. The number of amides is 1. The van der Waals surface area contributed by atoms with Crippen LogP contribution in [-0.2, 0) is 14.3 Å². The molecule has 0 aromatic heterocycles. The Balaban J connectivity index is 3.15. The fourth-order valence-corrected chi connectivity index (χ4v) is 2.37. The van der Waals surface area contributed by atoms with E-state index in [4.69, 9.17) is 20.1 Å². The predicted octanol–water partition coefficient (Wildman–Crippen LogP) is -2.43. The van der Waals surface area contributed by atoms with E-state index < -0.39 is 54.5 Å². The topological polar surface area (TPSA) is 157 Å². The van der Waals surface area contributed by atoms with E-state index in [1.54, 1.807) is 0 Å². The molecule has 22 heavy (non-hydrogen) atoms. The SMILES string of the molecule is CC(=O)N[C@H]1[C@H]([C@H](O)[C@H](O)CO)OC(C(=O)O)=C[C@@H]1CCO. The minimum atomic E-state index is -1.62. The van der Waals surface area contributed by atoms with Crippen LogP contribution in [0.5, 0.6) is 0 Å². The molecule has 1 amide bonds. The van der Waals surface area contributed by atoms with Crippen molar-refractivity contribution in [3.8, 4) is 0 Å². The first-order valence-corrected chi connectivity index (χ1v) is 6.78. The van der Waals surface area contributed by atoms with Crippen LogP contribution in [0.4, 0.5) is 0 Å². The van der Waals surface area contributed by atoms with Crippen molar-refractivity contribution in [2.75, 3.05) is 13.2 Å². The van der Waals surface area contributed by atoms with Crippen LogP contribution in [0.2, 0.25) is 0 Å². The van der Waals surface area contributed by atoms with Crippen molar-refractivity contribution in [1.82, 2.24) is 5.32 Å². The van der Waals surface area contributed by atoms with E-state index in [0.29, 0.717) is 0 Å². The summed E-state index contributed by atoms with van der Waals surface area (Å²) in [7, 11) is 0. The number of carbonyl (C=O) groups is 2. The lowest BCUT2D eigenvalue weighted by Gasteiger charge is -2.39. The zero-order valence-electron chi connectivity index (χ0n) is 12.0. The average molecular weight is 319 g/mol. The third kappa shape index (κ3) is 4.41. The zero-order valence-corrected chi connectivity index (χ0v) is 12.0. The first-order valence-electron chi connectivity index (χ1n) is 6.78. The monoisotopic (exact) mass is 319 g/mol. The summed E-state index contributed by atoms with van der Waals surface area (Å²) in [4.78, 5) is 22.4. The molecule has 9 nitrogen and oxygen atoms in total. The summed E-state index contributed by atoms with van der Waals surface area (Å²) in [6, 6.07) is -0.857. The quantitative estimate of drug-likeness (QED) is 0.302. The Morgan fingerprint density at radius 1 is 1.36 bits per heavy atom. The van der Waals surface area contributed by atoms with Gasteiger partial charge in [-0.25, -0.2) is 4.79 Å². The predicted molar refractivity (Wildman–Crippen MR) is 72.5 cm³/mol. The van der Waals surface area contributed by atoms with Crippen LogP contribution in [-0.4, -0.2) is 75.0 Å². The maximum atomic E-state index is 11.3. The smallest absolute Gasteiger partial charge is 0.370 e. The van der Waals surface area contributed by atoms with Gasteiger partial charge in [0.05, 0.1) is 12.6 Å². The van der Waals surface area contributed by atoms with Crippen LogP contribution in [0.1, 0.15) is 13.3 Å². The standard InChI is InChI=1S/C13H21NO8/c1-6(17)14-10-7(2-3-15)4-9(13(20)21)22-12(10)11(19)8(18)5-16/h4,7-8,10-12,15-16,18-19H,2-3,5H2,1H3,(H,14,17)(H,20,21)/t7-,8+,10+,11+,12+/m0/s1. The van der Waals surface area contributed by atoms with E-state index in [0.717, 1.165) is 0 Å². The van der Waals surface area contributed by atoms with Crippen LogP contribution in [0.25, 0.3) is 0 Å². The van der Waals surface area contributed by atoms with Crippen molar-refractivity contribution in [3.63, 3.8) is 0 Å². The van der Waals surface area contributed by atoms with Gasteiger partial charge in [0.2, 0.25) is 11.7 Å². The van der Waals surface area contributed by atoms with Gasteiger partial charge in [0.15, 0.2) is 0 Å². The minimum Gasteiger partial charge on any atom is -0.478 e. The van der Waals surface area contributed by atoms with E-state index in [1.807, 2.05) is 0 Å². The Kier molecular flexibility index (Phi) is 6.75. The molecule has 0 radical (unpaired) electrons. The average Bonchev–Trinajstić information content (AvgIpc) is 2.46. The Bertz CT molecular complexity index is 438. The second-order valence-electron chi connectivity index (χ2n) is 5.06. The second-order valence-corrected chi connectivity index (χ2v) is 5.06. The Labute approximate surface area is 126 Å². The normalized spacial score (nSPS) is 27.3. The molecule has 0 fully saturated rings. The third-order valence-corrected chi connectivity index (χ3v) is 3.40. The molecule has 6 N–H and O–H groups in total. The lowest BCUT2D eigenvalue weighted by molar-refractivity contribution is -0.147. The Hall–Kier alpha value is -1.68. The van der Waals surface area contributed by atoms with Crippen molar-refractivity contribution in [3.05, 3.63) is 11.8 Å². The molecule has 1 aliphatic rings. The minimum absolute atomic E-state index is 0.128. The van der Waals surface area contributed by atoms with Crippen molar-refractivity contribution in [1.29, 1.82) is 0 Å².